The van der Waals surface area contributed by atoms with Crippen molar-refractivity contribution < 1.29 is 9.59 Å². The largest absolute Gasteiger partial charge is 0.348 e. The maximum atomic E-state index is 13.1. The molecular weight excluding hydrogens is 450 g/mol. The Labute approximate surface area is 210 Å². The Morgan fingerprint density at radius 3 is 2.44 bits per heavy atom. The second kappa shape index (κ2) is 10.9. The third-order valence-electron chi connectivity index (χ3n) is 6.36. The average Bonchev–Trinajstić information content (AvgIpc) is 3.63. The number of rotatable bonds is 7. The molecule has 2 heterocycles. The monoisotopic (exact) mass is 479 g/mol. The van der Waals surface area contributed by atoms with Crippen molar-refractivity contribution in [1.29, 1.82) is 0 Å². The van der Waals surface area contributed by atoms with Gasteiger partial charge in [0, 0.05) is 43.3 Å². The Hall–Kier alpha value is -4.39. The number of nitrogens with zero attached hydrogens (tertiary/aromatic N) is 3. The molecule has 1 aliphatic heterocycles. The van der Waals surface area contributed by atoms with Gasteiger partial charge >= 0.3 is 6.03 Å². The quantitative estimate of drug-likeness (QED) is 0.384. The van der Waals surface area contributed by atoms with Crippen molar-refractivity contribution in [3.05, 3.63) is 108 Å². The summed E-state index contributed by atoms with van der Waals surface area (Å²) in [6, 6.07) is 25.3. The number of urea groups is 1. The predicted octanol–water partition coefficient (Wildman–Crippen LogP) is 5.16. The molecule has 1 fully saturated rings. The molecule has 1 saturated heterocycles. The topological polar surface area (TPSA) is 79.3 Å². The number of benzene rings is 3. The zero-order valence-corrected chi connectivity index (χ0v) is 20.1. The Kier molecular flexibility index (Phi) is 7.07. The lowest BCUT2D eigenvalue weighted by Crippen LogP contribution is -2.32. The Morgan fingerprint density at radius 2 is 1.67 bits per heavy atom. The first-order valence-corrected chi connectivity index (χ1v) is 12.2. The van der Waals surface area contributed by atoms with Gasteiger partial charge in [0.15, 0.2) is 0 Å². The summed E-state index contributed by atoms with van der Waals surface area (Å²) in [5.41, 5.74) is 5.28. The van der Waals surface area contributed by atoms with E-state index in [-0.39, 0.29) is 11.9 Å². The molecule has 4 aromatic rings. The summed E-state index contributed by atoms with van der Waals surface area (Å²) in [7, 11) is 0. The molecule has 7 heteroatoms. The van der Waals surface area contributed by atoms with Crippen LogP contribution in [-0.2, 0) is 13.1 Å². The lowest BCUT2D eigenvalue weighted by Gasteiger charge is -2.16. The minimum absolute atomic E-state index is 0.0711. The molecule has 7 nitrogen and oxygen atoms in total. The fourth-order valence-corrected chi connectivity index (χ4v) is 4.46. The molecule has 182 valence electrons. The molecule has 0 saturated carbocycles. The molecular formula is C29H29N5O2. The second-order valence-corrected chi connectivity index (χ2v) is 8.95. The summed E-state index contributed by atoms with van der Waals surface area (Å²) < 4.78 is 1.88. The first-order valence-electron chi connectivity index (χ1n) is 12.2. The van der Waals surface area contributed by atoms with E-state index in [0.717, 1.165) is 53.9 Å². The van der Waals surface area contributed by atoms with Crippen LogP contribution in [-0.4, -0.2) is 39.7 Å². The first kappa shape index (κ1) is 23.4. The molecule has 0 radical (unpaired) electrons. The second-order valence-electron chi connectivity index (χ2n) is 8.95. The standard InChI is InChI=1S/C29H29N5O2/c35-28(30-20-23-7-5-8-25(19-23)32-29(36)33-16-3-4-17-33)27-10-2-1-9-26(27)24-13-11-22(12-14-24)21-34-18-6-15-31-34/h1-2,5-15,18-19H,3-4,16-17,20-21H2,(H,30,35)(H,32,36). The molecule has 3 amide bonds. The highest BCUT2D eigenvalue weighted by Gasteiger charge is 2.18. The van der Waals surface area contributed by atoms with Gasteiger partial charge in [-0.2, -0.15) is 5.10 Å². The van der Waals surface area contributed by atoms with Gasteiger partial charge in [-0.25, -0.2) is 4.79 Å². The Balaban J connectivity index is 1.24. The average molecular weight is 480 g/mol. The molecule has 0 spiro atoms. The van der Waals surface area contributed by atoms with Crippen LogP contribution in [0.25, 0.3) is 11.1 Å². The molecule has 1 aromatic heterocycles. The van der Waals surface area contributed by atoms with Crippen LogP contribution in [0.2, 0.25) is 0 Å². The zero-order valence-electron chi connectivity index (χ0n) is 20.1. The van der Waals surface area contributed by atoms with Crippen LogP contribution in [0.5, 0.6) is 0 Å². The highest BCUT2D eigenvalue weighted by atomic mass is 16.2. The van der Waals surface area contributed by atoms with Crippen LogP contribution in [0, 0.1) is 0 Å². The van der Waals surface area contributed by atoms with E-state index < -0.39 is 0 Å². The van der Waals surface area contributed by atoms with Crippen LogP contribution in [0.3, 0.4) is 0 Å². The fraction of sp³-hybridized carbons (Fsp3) is 0.207. The number of carbonyl (C=O) groups excluding carboxylic acids is 2. The number of amides is 3. The highest BCUT2D eigenvalue weighted by Crippen LogP contribution is 2.24. The maximum absolute atomic E-state index is 13.1. The smallest absolute Gasteiger partial charge is 0.321 e. The van der Waals surface area contributed by atoms with Gasteiger partial charge in [-0.15, -0.1) is 0 Å². The minimum atomic E-state index is -0.141. The van der Waals surface area contributed by atoms with Crippen molar-refractivity contribution in [2.24, 2.45) is 0 Å². The third kappa shape index (κ3) is 5.63. The van der Waals surface area contributed by atoms with Crippen molar-refractivity contribution in [2.75, 3.05) is 18.4 Å². The summed E-state index contributed by atoms with van der Waals surface area (Å²) in [5, 5.41) is 10.2. The van der Waals surface area contributed by atoms with E-state index in [1.165, 1.54) is 0 Å². The van der Waals surface area contributed by atoms with Crippen molar-refractivity contribution in [3.8, 4) is 11.1 Å². The van der Waals surface area contributed by atoms with Crippen molar-refractivity contribution >= 4 is 17.6 Å². The summed E-state index contributed by atoms with van der Waals surface area (Å²) in [4.78, 5) is 27.3. The van der Waals surface area contributed by atoms with E-state index in [9.17, 15) is 9.59 Å². The Bertz CT molecular complexity index is 1330. The van der Waals surface area contributed by atoms with Crippen molar-refractivity contribution in [3.63, 3.8) is 0 Å². The number of aromatic nitrogens is 2. The summed E-state index contributed by atoms with van der Waals surface area (Å²) in [6.45, 7) is 2.67. The fourth-order valence-electron chi connectivity index (χ4n) is 4.46. The SMILES string of the molecule is O=C(NCc1cccc(NC(=O)N2CCCC2)c1)c1ccccc1-c1ccc(Cn2cccn2)cc1. The minimum Gasteiger partial charge on any atom is -0.348 e. The normalized spacial score (nSPS) is 12.9. The van der Waals surface area contributed by atoms with Gasteiger partial charge in [0.2, 0.25) is 0 Å². The molecule has 3 aromatic carbocycles. The van der Waals surface area contributed by atoms with Crippen LogP contribution in [0.1, 0.15) is 34.3 Å². The molecule has 0 bridgehead atoms. The number of hydrogen-bond acceptors (Lipinski definition) is 3. The number of carbonyl (C=O) groups is 2. The van der Waals surface area contributed by atoms with Crippen LogP contribution < -0.4 is 10.6 Å². The zero-order chi connectivity index (χ0) is 24.7. The number of hydrogen-bond donors (Lipinski definition) is 2. The van der Waals surface area contributed by atoms with E-state index in [1.54, 1.807) is 6.20 Å². The summed E-state index contributed by atoms with van der Waals surface area (Å²) in [6.07, 6.45) is 5.81. The van der Waals surface area contributed by atoms with Gasteiger partial charge in [-0.1, -0.05) is 54.6 Å². The van der Waals surface area contributed by atoms with Gasteiger partial charge in [-0.3, -0.25) is 9.48 Å². The number of anilines is 1. The predicted molar refractivity (Wildman–Crippen MR) is 141 cm³/mol. The highest BCUT2D eigenvalue weighted by molar-refractivity contribution is 6.00. The van der Waals surface area contributed by atoms with Gasteiger partial charge in [0.1, 0.15) is 0 Å². The lowest BCUT2D eigenvalue weighted by molar-refractivity contribution is 0.0951. The van der Waals surface area contributed by atoms with Gasteiger partial charge in [0.25, 0.3) is 5.91 Å². The van der Waals surface area contributed by atoms with Crippen LogP contribution >= 0.6 is 0 Å². The number of nitrogens with one attached hydrogen (secondary N) is 2. The molecule has 36 heavy (non-hydrogen) atoms. The maximum Gasteiger partial charge on any atom is 0.321 e. The molecule has 5 rings (SSSR count). The van der Waals surface area contributed by atoms with Crippen molar-refractivity contribution in [2.45, 2.75) is 25.9 Å². The van der Waals surface area contributed by atoms with E-state index in [4.69, 9.17) is 0 Å². The first-order chi connectivity index (χ1) is 17.7. The van der Waals surface area contributed by atoms with Gasteiger partial charge < -0.3 is 15.5 Å². The molecule has 1 aliphatic rings. The van der Waals surface area contributed by atoms with E-state index in [2.05, 4.69) is 27.9 Å². The van der Waals surface area contributed by atoms with E-state index >= 15 is 0 Å². The van der Waals surface area contributed by atoms with Gasteiger partial charge in [0.05, 0.1) is 6.54 Å². The van der Waals surface area contributed by atoms with E-state index in [0.29, 0.717) is 18.7 Å². The van der Waals surface area contributed by atoms with E-state index in [1.807, 2.05) is 82.5 Å². The Morgan fingerprint density at radius 1 is 0.861 bits per heavy atom. The third-order valence-corrected chi connectivity index (χ3v) is 6.36. The van der Waals surface area contributed by atoms with Crippen LogP contribution in [0.15, 0.2) is 91.3 Å². The van der Waals surface area contributed by atoms with Crippen molar-refractivity contribution in [1.82, 2.24) is 20.0 Å². The molecule has 0 atom stereocenters. The summed E-state index contributed by atoms with van der Waals surface area (Å²) in [5.74, 6) is -0.141. The lowest BCUT2D eigenvalue weighted by atomic mass is 9.98. The van der Waals surface area contributed by atoms with Gasteiger partial charge in [-0.05, 0) is 59.4 Å². The molecule has 0 unspecified atom stereocenters. The molecule has 0 aliphatic carbocycles. The summed E-state index contributed by atoms with van der Waals surface area (Å²) >= 11 is 0. The molecule has 2 N–H and O–H groups in total. The number of likely N-dealkylation sites (tertiary alicyclic amines) is 1. The van der Waals surface area contributed by atoms with Crippen LogP contribution in [0.4, 0.5) is 10.5 Å².